The maximum absolute atomic E-state index is 5.93. The third-order valence-corrected chi connectivity index (χ3v) is 4.52. The van der Waals surface area contributed by atoms with E-state index in [1.54, 1.807) is 11.3 Å². The van der Waals surface area contributed by atoms with E-state index in [0.717, 1.165) is 6.54 Å². The van der Waals surface area contributed by atoms with Gasteiger partial charge >= 0.3 is 0 Å². The molecule has 16 heavy (non-hydrogen) atoms. The normalized spacial score (nSPS) is 26.2. The van der Waals surface area contributed by atoms with Crippen LogP contribution in [0.15, 0.2) is 5.51 Å². The number of nitrogens with zero attached hydrogens (tertiary/aromatic N) is 2. The molecule has 1 aromatic rings. The molecule has 2 N–H and O–H groups in total. The van der Waals surface area contributed by atoms with E-state index >= 15 is 0 Å². The molecule has 1 aliphatic rings. The number of hydrogen-bond acceptors (Lipinski definition) is 4. The second kappa shape index (κ2) is 5.25. The second-order valence-electron chi connectivity index (χ2n) is 4.84. The molecule has 0 aromatic carbocycles. The Morgan fingerprint density at radius 1 is 1.44 bits per heavy atom. The molecule has 0 amide bonds. The van der Waals surface area contributed by atoms with E-state index in [-0.39, 0.29) is 0 Å². The fourth-order valence-corrected chi connectivity index (χ4v) is 3.22. The van der Waals surface area contributed by atoms with Gasteiger partial charge in [-0.3, -0.25) is 4.90 Å². The summed E-state index contributed by atoms with van der Waals surface area (Å²) in [6.45, 7) is 3.13. The molecular formula is C12H21N3S. The average molecular weight is 239 g/mol. The zero-order chi connectivity index (χ0) is 11.5. The number of rotatable bonds is 3. The van der Waals surface area contributed by atoms with E-state index in [9.17, 15) is 0 Å². The molecule has 1 saturated carbocycles. The average Bonchev–Trinajstić information content (AvgIpc) is 2.65. The Labute approximate surface area is 102 Å². The third-order valence-electron chi connectivity index (χ3n) is 3.60. The molecule has 1 aromatic heterocycles. The van der Waals surface area contributed by atoms with Gasteiger partial charge in [0.15, 0.2) is 0 Å². The smallest absolute Gasteiger partial charge is 0.0798 e. The SMILES string of the molecule is Cc1ncsc1CN(C)C1CCC(N)CC1. The van der Waals surface area contributed by atoms with Gasteiger partial charge in [0.1, 0.15) is 0 Å². The lowest BCUT2D eigenvalue weighted by Gasteiger charge is -2.33. The van der Waals surface area contributed by atoms with Gasteiger partial charge in [0.05, 0.1) is 11.2 Å². The van der Waals surface area contributed by atoms with Crippen LogP contribution < -0.4 is 5.73 Å². The van der Waals surface area contributed by atoms with Gasteiger partial charge in [-0.15, -0.1) is 11.3 Å². The van der Waals surface area contributed by atoms with E-state index in [4.69, 9.17) is 5.73 Å². The van der Waals surface area contributed by atoms with Crippen LogP contribution in [0.3, 0.4) is 0 Å². The monoisotopic (exact) mass is 239 g/mol. The molecule has 1 fully saturated rings. The summed E-state index contributed by atoms with van der Waals surface area (Å²) in [5.41, 5.74) is 9.06. The van der Waals surface area contributed by atoms with Crippen LogP contribution in [0.4, 0.5) is 0 Å². The van der Waals surface area contributed by atoms with E-state index in [2.05, 4.69) is 23.9 Å². The van der Waals surface area contributed by atoms with Crippen LogP contribution in [0.5, 0.6) is 0 Å². The van der Waals surface area contributed by atoms with Gasteiger partial charge in [0, 0.05) is 23.5 Å². The first-order chi connectivity index (χ1) is 7.66. The summed E-state index contributed by atoms with van der Waals surface area (Å²) in [5.74, 6) is 0. The van der Waals surface area contributed by atoms with Crippen LogP contribution in [0, 0.1) is 6.92 Å². The van der Waals surface area contributed by atoms with Gasteiger partial charge in [-0.2, -0.15) is 0 Å². The van der Waals surface area contributed by atoms with Gasteiger partial charge < -0.3 is 5.73 Å². The van der Waals surface area contributed by atoms with Gasteiger partial charge in [-0.05, 0) is 39.7 Å². The summed E-state index contributed by atoms with van der Waals surface area (Å²) in [6, 6.07) is 1.15. The summed E-state index contributed by atoms with van der Waals surface area (Å²) < 4.78 is 0. The highest BCUT2D eigenvalue weighted by Gasteiger charge is 2.22. The van der Waals surface area contributed by atoms with Crippen molar-refractivity contribution in [1.29, 1.82) is 0 Å². The summed E-state index contributed by atoms with van der Waals surface area (Å²) in [6.07, 6.45) is 4.85. The molecule has 3 nitrogen and oxygen atoms in total. The van der Waals surface area contributed by atoms with Crippen molar-refractivity contribution in [1.82, 2.24) is 9.88 Å². The molecule has 0 bridgehead atoms. The maximum atomic E-state index is 5.93. The molecule has 1 aliphatic carbocycles. The number of aromatic nitrogens is 1. The lowest BCUT2D eigenvalue weighted by Crippen LogP contribution is -2.38. The molecule has 0 aliphatic heterocycles. The van der Waals surface area contributed by atoms with Crippen molar-refractivity contribution < 1.29 is 0 Å². The minimum atomic E-state index is 0.440. The Bertz CT molecular complexity index is 329. The Morgan fingerprint density at radius 2 is 2.12 bits per heavy atom. The summed E-state index contributed by atoms with van der Waals surface area (Å²) in [4.78, 5) is 8.16. The van der Waals surface area contributed by atoms with Gasteiger partial charge in [0.25, 0.3) is 0 Å². The van der Waals surface area contributed by atoms with E-state index in [1.165, 1.54) is 36.3 Å². The maximum Gasteiger partial charge on any atom is 0.0798 e. The topological polar surface area (TPSA) is 42.2 Å². The predicted molar refractivity (Wildman–Crippen MR) is 68.5 cm³/mol. The zero-order valence-electron chi connectivity index (χ0n) is 10.1. The first-order valence-corrected chi connectivity index (χ1v) is 6.89. The van der Waals surface area contributed by atoms with Crippen LogP contribution in [0.25, 0.3) is 0 Å². The minimum Gasteiger partial charge on any atom is -0.328 e. The molecule has 0 radical (unpaired) electrons. The summed E-state index contributed by atoms with van der Waals surface area (Å²) >= 11 is 1.76. The molecular weight excluding hydrogens is 218 g/mol. The van der Waals surface area contributed by atoms with Crippen molar-refractivity contribution >= 4 is 11.3 Å². The second-order valence-corrected chi connectivity index (χ2v) is 5.78. The largest absolute Gasteiger partial charge is 0.328 e. The van der Waals surface area contributed by atoms with Crippen LogP contribution in [-0.4, -0.2) is 29.0 Å². The Hall–Kier alpha value is -0.450. The van der Waals surface area contributed by atoms with Crippen molar-refractivity contribution in [2.75, 3.05) is 7.05 Å². The quantitative estimate of drug-likeness (QED) is 0.879. The molecule has 4 heteroatoms. The zero-order valence-corrected chi connectivity index (χ0v) is 11.0. The fraction of sp³-hybridized carbons (Fsp3) is 0.750. The Morgan fingerprint density at radius 3 is 2.69 bits per heavy atom. The van der Waals surface area contributed by atoms with Gasteiger partial charge in [-0.25, -0.2) is 4.98 Å². The lowest BCUT2D eigenvalue weighted by atomic mass is 9.91. The van der Waals surface area contributed by atoms with Gasteiger partial charge in [0.2, 0.25) is 0 Å². The van der Waals surface area contributed by atoms with Crippen molar-refractivity contribution in [3.05, 3.63) is 16.1 Å². The number of nitrogens with two attached hydrogens (primary N) is 1. The van der Waals surface area contributed by atoms with Crippen LogP contribution >= 0.6 is 11.3 Å². The first-order valence-electron chi connectivity index (χ1n) is 6.01. The number of thiazole rings is 1. The van der Waals surface area contributed by atoms with Crippen molar-refractivity contribution in [3.8, 4) is 0 Å². The van der Waals surface area contributed by atoms with Gasteiger partial charge in [-0.1, -0.05) is 0 Å². The van der Waals surface area contributed by atoms with E-state index in [1.807, 2.05) is 5.51 Å². The van der Waals surface area contributed by atoms with Crippen LogP contribution in [0.2, 0.25) is 0 Å². The third kappa shape index (κ3) is 2.81. The molecule has 1 heterocycles. The molecule has 0 saturated heterocycles. The predicted octanol–water partition coefficient (Wildman–Crippen LogP) is 2.15. The lowest BCUT2D eigenvalue weighted by molar-refractivity contribution is 0.177. The minimum absolute atomic E-state index is 0.440. The van der Waals surface area contributed by atoms with Crippen LogP contribution in [-0.2, 0) is 6.54 Å². The molecule has 2 rings (SSSR count). The molecule has 0 spiro atoms. The summed E-state index contributed by atoms with van der Waals surface area (Å²) in [5, 5.41) is 0. The van der Waals surface area contributed by atoms with Crippen molar-refractivity contribution in [2.45, 2.75) is 51.2 Å². The van der Waals surface area contributed by atoms with Crippen molar-refractivity contribution in [2.24, 2.45) is 5.73 Å². The number of aryl methyl sites for hydroxylation is 1. The van der Waals surface area contributed by atoms with E-state index in [0.29, 0.717) is 12.1 Å². The molecule has 90 valence electrons. The van der Waals surface area contributed by atoms with Crippen LogP contribution in [0.1, 0.15) is 36.3 Å². The van der Waals surface area contributed by atoms with Crippen molar-refractivity contribution in [3.63, 3.8) is 0 Å². The molecule has 0 unspecified atom stereocenters. The standard InChI is InChI=1S/C12H21N3S/c1-9-12(16-8-14-9)7-15(2)11-5-3-10(13)4-6-11/h8,10-11H,3-7,13H2,1-2H3. The highest BCUT2D eigenvalue weighted by atomic mass is 32.1. The van der Waals surface area contributed by atoms with E-state index < -0.39 is 0 Å². The summed E-state index contributed by atoms with van der Waals surface area (Å²) in [7, 11) is 2.22. The highest BCUT2D eigenvalue weighted by molar-refractivity contribution is 7.09. The Balaban J connectivity index is 1.88. The molecule has 0 atom stereocenters. The highest BCUT2D eigenvalue weighted by Crippen LogP contribution is 2.24. The Kier molecular flexibility index (Phi) is 3.95. The number of hydrogen-bond donors (Lipinski definition) is 1. The fourth-order valence-electron chi connectivity index (χ4n) is 2.38. The first kappa shape index (κ1) is 12.0.